The van der Waals surface area contributed by atoms with Gasteiger partial charge in [-0.3, -0.25) is 4.79 Å². The lowest BCUT2D eigenvalue weighted by molar-refractivity contribution is 0.647. The van der Waals surface area contributed by atoms with Crippen LogP contribution in [0.25, 0.3) is 11.4 Å². The van der Waals surface area contributed by atoms with Gasteiger partial charge in [-0.15, -0.1) is 0 Å². The summed E-state index contributed by atoms with van der Waals surface area (Å²) < 4.78 is 0. The molecule has 0 aliphatic heterocycles. The number of benzene rings is 1. The zero-order valence-corrected chi connectivity index (χ0v) is 11.9. The summed E-state index contributed by atoms with van der Waals surface area (Å²) in [6.45, 7) is 8.06. The molecule has 0 fully saturated rings. The number of aryl methyl sites for hydroxylation is 1. The molecule has 2 rings (SSSR count). The molecule has 1 aromatic heterocycles. The molecule has 0 spiro atoms. The molecule has 0 bridgehead atoms. The molecule has 0 atom stereocenters. The SMILES string of the molecule is Cc1nc(-c2ccc(CC(C)C)cc2)[nH]c(=O)c1C. The second-order valence-electron chi connectivity index (χ2n) is 5.42. The first-order valence-electron chi connectivity index (χ1n) is 6.64. The number of H-pyrrole nitrogens is 1. The van der Waals surface area contributed by atoms with Crippen LogP contribution >= 0.6 is 0 Å². The molecule has 2 aromatic rings. The largest absolute Gasteiger partial charge is 0.306 e. The Morgan fingerprint density at radius 3 is 2.32 bits per heavy atom. The molecule has 3 heteroatoms. The van der Waals surface area contributed by atoms with Crippen molar-refractivity contribution in [3.8, 4) is 11.4 Å². The van der Waals surface area contributed by atoms with E-state index in [9.17, 15) is 4.79 Å². The van der Waals surface area contributed by atoms with Crippen LogP contribution < -0.4 is 5.56 Å². The van der Waals surface area contributed by atoms with Crippen LogP contribution in [0.5, 0.6) is 0 Å². The molecule has 0 amide bonds. The number of aromatic amines is 1. The number of hydrogen-bond donors (Lipinski definition) is 1. The third-order valence-corrected chi connectivity index (χ3v) is 3.27. The lowest BCUT2D eigenvalue weighted by atomic mass is 10.0. The minimum absolute atomic E-state index is 0.0613. The maximum atomic E-state index is 11.8. The maximum Gasteiger partial charge on any atom is 0.254 e. The van der Waals surface area contributed by atoms with Crippen LogP contribution in [0.1, 0.15) is 30.7 Å². The van der Waals surface area contributed by atoms with Crippen molar-refractivity contribution >= 4 is 0 Å². The molecule has 0 aliphatic carbocycles. The quantitative estimate of drug-likeness (QED) is 0.916. The minimum Gasteiger partial charge on any atom is -0.306 e. The smallest absolute Gasteiger partial charge is 0.254 e. The molecule has 1 N–H and O–H groups in total. The zero-order chi connectivity index (χ0) is 14.0. The Balaban J connectivity index is 2.35. The average molecular weight is 256 g/mol. The van der Waals surface area contributed by atoms with Crippen LogP contribution in [-0.4, -0.2) is 9.97 Å². The summed E-state index contributed by atoms with van der Waals surface area (Å²) in [7, 11) is 0. The molecule has 19 heavy (non-hydrogen) atoms. The third kappa shape index (κ3) is 3.11. The van der Waals surface area contributed by atoms with Crippen LogP contribution in [0.4, 0.5) is 0 Å². The predicted molar refractivity (Wildman–Crippen MR) is 78.3 cm³/mol. The van der Waals surface area contributed by atoms with Crippen LogP contribution in [0.2, 0.25) is 0 Å². The minimum atomic E-state index is -0.0613. The molecule has 0 saturated carbocycles. The van der Waals surface area contributed by atoms with Crippen molar-refractivity contribution in [2.24, 2.45) is 5.92 Å². The van der Waals surface area contributed by atoms with Gasteiger partial charge in [-0.25, -0.2) is 4.98 Å². The molecule has 100 valence electrons. The molecule has 0 unspecified atom stereocenters. The lowest BCUT2D eigenvalue weighted by Gasteiger charge is -2.07. The first-order chi connectivity index (χ1) is 8.97. The van der Waals surface area contributed by atoms with Gasteiger partial charge in [0, 0.05) is 16.8 Å². The van der Waals surface area contributed by atoms with E-state index in [0.29, 0.717) is 17.3 Å². The van der Waals surface area contributed by atoms with Crippen molar-refractivity contribution in [1.29, 1.82) is 0 Å². The summed E-state index contributed by atoms with van der Waals surface area (Å²) >= 11 is 0. The summed E-state index contributed by atoms with van der Waals surface area (Å²) in [4.78, 5) is 19.0. The van der Waals surface area contributed by atoms with Crippen LogP contribution in [0.3, 0.4) is 0 Å². The van der Waals surface area contributed by atoms with Crippen molar-refractivity contribution in [3.05, 3.63) is 51.4 Å². The van der Waals surface area contributed by atoms with Gasteiger partial charge in [-0.1, -0.05) is 38.1 Å². The van der Waals surface area contributed by atoms with E-state index in [1.807, 2.05) is 19.1 Å². The third-order valence-electron chi connectivity index (χ3n) is 3.27. The van der Waals surface area contributed by atoms with Gasteiger partial charge >= 0.3 is 0 Å². The second-order valence-corrected chi connectivity index (χ2v) is 5.42. The summed E-state index contributed by atoms with van der Waals surface area (Å²) in [5, 5.41) is 0. The highest BCUT2D eigenvalue weighted by Crippen LogP contribution is 2.17. The van der Waals surface area contributed by atoms with Crippen molar-refractivity contribution in [1.82, 2.24) is 9.97 Å². The Labute approximate surface area is 113 Å². The van der Waals surface area contributed by atoms with E-state index in [2.05, 4.69) is 35.9 Å². The number of rotatable bonds is 3. The highest BCUT2D eigenvalue weighted by molar-refractivity contribution is 5.55. The number of nitrogens with one attached hydrogen (secondary N) is 1. The normalized spacial score (nSPS) is 11.0. The monoisotopic (exact) mass is 256 g/mol. The van der Waals surface area contributed by atoms with Crippen LogP contribution in [0, 0.1) is 19.8 Å². The van der Waals surface area contributed by atoms with Gasteiger partial charge in [0.2, 0.25) is 0 Å². The summed E-state index contributed by atoms with van der Waals surface area (Å²) in [5.74, 6) is 1.29. The first kappa shape index (κ1) is 13.5. The lowest BCUT2D eigenvalue weighted by Crippen LogP contribution is -2.14. The molecule has 3 nitrogen and oxygen atoms in total. The van der Waals surface area contributed by atoms with E-state index in [1.54, 1.807) is 6.92 Å². The van der Waals surface area contributed by atoms with Gasteiger partial charge in [-0.2, -0.15) is 0 Å². The number of nitrogens with zero attached hydrogens (tertiary/aromatic N) is 1. The molecule has 0 saturated heterocycles. The van der Waals surface area contributed by atoms with Crippen molar-refractivity contribution in [2.75, 3.05) is 0 Å². The Kier molecular flexibility index (Phi) is 3.84. The fourth-order valence-electron chi connectivity index (χ4n) is 2.05. The van der Waals surface area contributed by atoms with E-state index in [4.69, 9.17) is 0 Å². The summed E-state index contributed by atoms with van der Waals surface area (Å²) in [5.41, 5.74) is 3.66. The average Bonchev–Trinajstić information content (AvgIpc) is 2.35. The number of aromatic nitrogens is 2. The summed E-state index contributed by atoms with van der Waals surface area (Å²) in [6, 6.07) is 8.24. The van der Waals surface area contributed by atoms with Crippen LogP contribution in [0.15, 0.2) is 29.1 Å². The first-order valence-corrected chi connectivity index (χ1v) is 6.64. The topological polar surface area (TPSA) is 45.8 Å². The van der Waals surface area contributed by atoms with E-state index in [1.165, 1.54) is 5.56 Å². The molecule has 1 aromatic carbocycles. The fourth-order valence-corrected chi connectivity index (χ4v) is 2.05. The number of hydrogen-bond acceptors (Lipinski definition) is 2. The zero-order valence-electron chi connectivity index (χ0n) is 11.9. The van der Waals surface area contributed by atoms with Gasteiger partial charge in [0.15, 0.2) is 0 Å². The molecule has 1 heterocycles. The molecule has 0 radical (unpaired) electrons. The van der Waals surface area contributed by atoms with Gasteiger partial charge in [0.1, 0.15) is 5.82 Å². The van der Waals surface area contributed by atoms with E-state index >= 15 is 0 Å². The highest BCUT2D eigenvalue weighted by atomic mass is 16.1. The van der Waals surface area contributed by atoms with Gasteiger partial charge in [0.05, 0.1) is 0 Å². The van der Waals surface area contributed by atoms with Crippen LogP contribution in [-0.2, 0) is 6.42 Å². The highest BCUT2D eigenvalue weighted by Gasteiger charge is 2.06. The fraction of sp³-hybridized carbons (Fsp3) is 0.375. The Bertz CT molecular complexity index is 624. The molecular formula is C16H20N2O. The Morgan fingerprint density at radius 2 is 1.79 bits per heavy atom. The van der Waals surface area contributed by atoms with E-state index in [0.717, 1.165) is 17.7 Å². The van der Waals surface area contributed by atoms with Crippen molar-refractivity contribution in [3.63, 3.8) is 0 Å². The van der Waals surface area contributed by atoms with E-state index in [-0.39, 0.29) is 5.56 Å². The standard InChI is InChI=1S/C16H20N2O/c1-10(2)9-13-5-7-14(8-6-13)15-17-12(4)11(3)16(19)18-15/h5-8,10H,9H2,1-4H3,(H,17,18,19). The van der Waals surface area contributed by atoms with Gasteiger partial charge < -0.3 is 4.98 Å². The Hall–Kier alpha value is -1.90. The maximum absolute atomic E-state index is 11.8. The van der Waals surface area contributed by atoms with Gasteiger partial charge in [-0.05, 0) is 31.7 Å². The van der Waals surface area contributed by atoms with E-state index < -0.39 is 0 Å². The molecule has 0 aliphatic rings. The predicted octanol–water partition coefficient (Wildman–Crippen LogP) is 3.25. The summed E-state index contributed by atoms with van der Waals surface area (Å²) in [6.07, 6.45) is 1.07. The van der Waals surface area contributed by atoms with Gasteiger partial charge in [0.25, 0.3) is 5.56 Å². The second kappa shape index (κ2) is 5.39. The Morgan fingerprint density at radius 1 is 1.16 bits per heavy atom. The van der Waals surface area contributed by atoms with Crippen molar-refractivity contribution in [2.45, 2.75) is 34.1 Å². The molecular weight excluding hydrogens is 236 g/mol. The van der Waals surface area contributed by atoms with Crippen molar-refractivity contribution < 1.29 is 0 Å².